The molecule has 0 aliphatic heterocycles. The van der Waals surface area contributed by atoms with E-state index in [0.717, 1.165) is 11.3 Å². The third kappa shape index (κ3) is 4.92. The van der Waals surface area contributed by atoms with Crippen molar-refractivity contribution < 1.29 is 17.9 Å². The molecule has 2 N–H and O–H groups in total. The number of anilines is 3. The number of hydrogen-bond donors (Lipinski definition) is 2. The molecule has 0 fully saturated rings. The number of ether oxygens (including phenoxy) is 2. The van der Waals surface area contributed by atoms with E-state index in [-0.39, 0.29) is 22.6 Å². The van der Waals surface area contributed by atoms with E-state index in [1.165, 1.54) is 43.8 Å². The predicted octanol–water partition coefficient (Wildman–Crippen LogP) is 3.56. The summed E-state index contributed by atoms with van der Waals surface area (Å²) in [4.78, 5) is 16.6. The first-order valence-corrected chi connectivity index (χ1v) is 11.6. The minimum absolute atomic E-state index is 0.0179. The van der Waals surface area contributed by atoms with Crippen molar-refractivity contribution in [1.82, 2.24) is 19.9 Å². The topological polar surface area (TPSA) is 128 Å². The lowest BCUT2D eigenvalue weighted by Gasteiger charge is -2.10. The van der Waals surface area contributed by atoms with Crippen LogP contribution in [0.1, 0.15) is 0 Å². The number of sulfonamides is 1. The number of benzene rings is 1. The van der Waals surface area contributed by atoms with Gasteiger partial charge in [0.2, 0.25) is 5.88 Å². The highest BCUT2D eigenvalue weighted by Gasteiger charge is 2.17. The lowest BCUT2D eigenvalue weighted by atomic mass is 10.2. The van der Waals surface area contributed by atoms with Crippen molar-refractivity contribution in [2.75, 3.05) is 24.3 Å². The van der Waals surface area contributed by atoms with Crippen molar-refractivity contribution in [2.24, 2.45) is 0 Å². The molecule has 3 aromatic heterocycles. The Hall–Kier alpha value is -3.77. The quantitative estimate of drug-likeness (QED) is 0.397. The number of thiazole rings is 1. The van der Waals surface area contributed by atoms with E-state index in [1.807, 2.05) is 17.5 Å². The van der Waals surface area contributed by atoms with E-state index in [4.69, 9.17) is 9.47 Å². The third-order valence-corrected chi connectivity index (χ3v) is 6.32. The highest BCUT2D eigenvalue weighted by Crippen LogP contribution is 2.27. The maximum Gasteiger partial charge on any atom is 0.321 e. The molecule has 0 spiro atoms. The van der Waals surface area contributed by atoms with Crippen molar-refractivity contribution in [3.8, 4) is 23.1 Å². The van der Waals surface area contributed by atoms with Crippen LogP contribution in [0.3, 0.4) is 0 Å². The molecule has 3 heterocycles. The molecule has 0 radical (unpaired) electrons. The summed E-state index contributed by atoms with van der Waals surface area (Å²) in [5.41, 5.74) is 2.42. The van der Waals surface area contributed by atoms with Gasteiger partial charge in [-0.05, 0) is 36.4 Å². The van der Waals surface area contributed by atoms with E-state index in [9.17, 15) is 8.42 Å². The average molecular weight is 471 g/mol. The summed E-state index contributed by atoms with van der Waals surface area (Å²) in [6.45, 7) is 0. The van der Waals surface area contributed by atoms with Crippen molar-refractivity contribution in [3.63, 3.8) is 0 Å². The Morgan fingerprint density at radius 2 is 1.81 bits per heavy atom. The monoisotopic (exact) mass is 470 g/mol. The fraction of sp³-hybridized carbons (Fsp3) is 0.100. The van der Waals surface area contributed by atoms with Crippen LogP contribution in [0.15, 0.2) is 65.1 Å². The van der Waals surface area contributed by atoms with Gasteiger partial charge in [-0.25, -0.2) is 13.4 Å². The smallest absolute Gasteiger partial charge is 0.321 e. The van der Waals surface area contributed by atoms with Crippen LogP contribution in [-0.2, 0) is 10.0 Å². The third-order valence-electron chi connectivity index (χ3n) is 4.19. The first-order chi connectivity index (χ1) is 15.5. The number of nitrogens with one attached hydrogen (secondary N) is 2. The van der Waals surface area contributed by atoms with E-state index >= 15 is 0 Å². The minimum Gasteiger partial charge on any atom is -0.481 e. The van der Waals surface area contributed by atoms with Crippen LogP contribution in [-0.4, -0.2) is 42.6 Å². The molecule has 4 aromatic rings. The highest BCUT2D eigenvalue weighted by molar-refractivity contribution is 7.92. The van der Waals surface area contributed by atoms with Gasteiger partial charge in [0.15, 0.2) is 10.9 Å². The Bertz CT molecular complexity index is 1290. The van der Waals surface area contributed by atoms with Crippen molar-refractivity contribution in [1.29, 1.82) is 0 Å². The Labute approximate surface area is 188 Å². The molecule has 32 heavy (non-hydrogen) atoms. The molecule has 12 heteroatoms. The molecule has 4 rings (SSSR count). The first-order valence-electron chi connectivity index (χ1n) is 9.20. The zero-order chi connectivity index (χ0) is 22.6. The summed E-state index contributed by atoms with van der Waals surface area (Å²) in [6, 6.07) is 11.4. The first kappa shape index (κ1) is 21.5. The normalized spacial score (nSPS) is 11.1. The molecular weight excluding hydrogens is 452 g/mol. The molecule has 0 atom stereocenters. The second-order valence-electron chi connectivity index (χ2n) is 6.32. The van der Waals surface area contributed by atoms with Gasteiger partial charge in [-0.1, -0.05) is 0 Å². The SMILES string of the molecule is COc1cc(NS(=O)(=O)c2ccc(Nc3nc(-c4cccnc4)cs3)cc2)nc(OC)n1. The molecule has 0 saturated heterocycles. The molecule has 0 unspecified atom stereocenters. The van der Waals surface area contributed by atoms with Gasteiger partial charge in [-0.2, -0.15) is 9.97 Å². The van der Waals surface area contributed by atoms with Crippen molar-refractivity contribution >= 4 is 38.0 Å². The molecule has 0 amide bonds. The van der Waals surface area contributed by atoms with E-state index < -0.39 is 10.0 Å². The van der Waals surface area contributed by atoms with Gasteiger partial charge in [0.1, 0.15) is 0 Å². The van der Waals surface area contributed by atoms with E-state index in [2.05, 4.69) is 30.0 Å². The zero-order valence-corrected chi connectivity index (χ0v) is 18.6. The predicted molar refractivity (Wildman–Crippen MR) is 121 cm³/mol. The number of rotatable bonds is 8. The van der Waals surface area contributed by atoms with E-state index in [1.54, 1.807) is 24.5 Å². The molecule has 10 nitrogen and oxygen atoms in total. The molecule has 0 saturated carbocycles. The summed E-state index contributed by atoms with van der Waals surface area (Å²) in [5.74, 6) is 0.199. The van der Waals surface area contributed by atoms with Crippen molar-refractivity contribution in [3.05, 3.63) is 60.2 Å². The molecule has 0 aliphatic carbocycles. The fourth-order valence-corrected chi connectivity index (χ4v) is 4.40. The van der Waals surface area contributed by atoms with Gasteiger partial charge in [-0.15, -0.1) is 11.3 Å². The number of nitrogens with zero attached hydrogens (tertiary/aromatic N) is 4. The molecule has 0 bridgehead atoms. The summed E-state index contributed by atoms with van der Waals surface area (Å²) >= 11 is 1.44. The Kier molecular flexibility index (Phi) is 6.14. The molecule has 0 aliphatic rings. The van der Waals surface area contributed by atoms with Gasteiger partial charge >= 0.3 is 6.01 Å². The van der Waals surface area contributed by atoms with Gasteiger partial charge in [0, 0.05) is 35.1 Å². The lowest BCUT2D eigenvalue weighted by molar-refractivity contribution is 0.353. The zero-order valence-electron chi connectivity index (χ0n) is 17.0. The average Bonchev–Trinajstić information content (AvgIpc) is 3.28. The van der Waals surface area contributed by atoms with E-state index in [0.29, 0.717) is 10.8 Å². The maximum absolute atomic E-state index is 12.7. The van der Waals surface area contributed by atoms with Crippen LogP contribution >= 0.6 is 11.3 Å². The largest absolute Gasteiger partial charge is 0.481 e. The summed E-state index contributed by atoms with van der Waals surface area (Å²) in [6.07, 6.45) is 3.45. The van der Waals surface area contributed by atoms with Gasteiger partial charge in [0.05, 0.1) is 24.8 Å². The van der Waals surface area contributed by atoms with Crippen LogP contribution < -0.4 is 19.5 Å². The van der Waals surface area contributed by atoms with Crippen LogP contribution in [0.4, 0.5) is 16.6 Å². The highest BCUT2D eigenvalue weighted by atomic mass is 32.2. The number of aromatic nitrogens is 4. The Morgan fingerprint density at radius 1 is 1.00 bits per heavy atom. The van der Waals surface area contributed by atoms with Crippen LogP contribution in [0, 0.1) is 0 Å². The second kappa shape index (κ2) is 9.16. The van der Waals surface area contributed by atoms with Crippen LogP contribution in [0.25, 0.3) is 11.3 Å². The molecule has 1 aromatic carbocycles. The number of pyridine rings is 1. The minimum atomic E-state index is -3.88. The molecular formula is C20H18N6O4S2. The lowest BCUT2D eigenvalue weighted by Crippen LogP contribution is -2.14. The van der Waals surface area contributed by atoms with Crippen LogP contribution in [0.2, 0.25) is 0 Å². The Morgan fingerprint density at radius 3 is 2.50 bits per heavy atom. The number of hydrogen-bond acceptors (Lipinski definition) is 10. The maximum atomic E-state index is 12.7. The summed E-state index contributed by atoms with van der Waals surface area (Å²) in [7, 11) is -1.10. The van der Waals surface area contributed by atoms with Crippen LogP contribution in [0.5, 0.6) is 11.9 Å². The van der Waals surface area contributed by atoms with Gasteiger partial charge in [-0.3, -0.25) is 9.71 Å². The fourth-order valence-electron chi connectivity index (χ4n) is 2.67. The second-order valence-corrected chi connectivity index (χ2v) is 8.86. The molecule has 164 valence electrons. The summed E-state index contributed by atoms with van der Waals surface area (Å²) < 4.78 is 37.9. The number of methoxy groups -OCH3 is 2. The Balaban J connectivity index is 1.48. The summed E-state index contributed by atoms with van der Waals surface area (Å²) in [5, 5.41) is 5.77. The standard InChI is InChI=1S/C20H18N6O4S2/c1-29-18-10-17(24-19(25-18)30-2)26-32(27,28)15-7-5-14(6-8-15)22-20-23-16(12-31-20)13-4-3-9-21-11-13/h3-12H,1-2H3,(H,22,23)(H,24,25,26). The van der Waals surface area contributed by atoms with Crippen molar-refractivity contribution in [2.45, 2.75) is 4.90 Å². The van der Waals surface area contributed by atoms with Gasteiger partial charge < -0.3 is 14.8 Å². The van der Waals surface area contributed by atoms with Gasteiger partial charge in [0.25, 0.3) is 10.0 Å².